The number of amides is 2. The van der Waals surface area contributed by atoms with Crippen LogP contribution in [0.2, 0.25) is 0 Å². The molecule has 1 aromatic carbocycles. The Morgan fingerprint density at radius 1 is 1.00 bits per heavy atom. The Bertz CT molecular complexity index is 771. The van der Waals surface area contributed by atoms with E-state index in [0.717, 1.165) is 5.46 Å². The highest BCUT2D eigenvalue weighted by Gasteiger charge is 2.55. The van der Waals surface area contributed by atoms with E-state index >= 15 is 0 Å². The first-order valence-corrected chi connectivity index (χ1v) is 10.6. The van der Waals surface area contributed by atoms with Gasteiger partial charge in [-0.1, -0.05) is 30.3 Å². The van der Waals surface area contributed by atoms with Crippen LogP contribution in [0.5, 0.6) is 0 Å². The van der Waals surface area contributed by atoms with Gasteiger partial charge in [0, 0.05) is 26.2 Å². The molecular weight excluding hydrogens is 383 g/mol. The van der Waals surface area contributed by atoms with Gasteiger partial charge in [0.25, 0.3) is 0 Å². The van der Waals surface area contributed by atoms with Crippen molar-refractivity contribution in [3.8, 4) is 0 Å². The van der Waals surface area contributed by atoms with Crippen molar-refractivity contribution in [2.24, 2.45) is 0 Å². The maximum absolute atomic E-state index is 13.1. The van der Waals surface area contributed by atoms with Crippen molar-refractivity contribution in [1.29, 1.82) is 0 Å². The second-order valence-corrected chi connectivity index (χ2v) is 9.74. The molecule has 0 N–H and O–H groups in total. The van der Waals surface area contributed by atoms with Gasteiger partial charge < -0.3 is 23.8 Å². The average Bonchev–Trinajstić information content (AvgIpc) is 2.90. The lowest BCUT2D eigenvalue weighted by molar-refractivity contribution is -0.139. The van der Waals surface area contributed by atoms with Crippen LogP contribution < -0.4 is 5.46 Å². The number of ether oxygens (including phenoxy) is 1. The molecule has 7 nitrogen and oxygen atoms in total. The van der Waals surface area contributed by atoms with Crippen LogP contribution in [0.15, 0.2) is 30.3 Å². The first kappa shape index (κ1) is 22.6. The van der Waals surface area contributed by atoms with Crippen LogP contribution in [0.25, 0.3) is 0 Å². The fraction of sp³-hybridized carbons (Fsp3) is 0.636. The second-order valence-electron chi connectivity index (χ2n) is 9.74. The van der Waals surface area contributed by atoms with Crippen LogP contribution in [0.3, 0.4) is 0 Å². The summed E-state index contributed by atoms with van der Waals surface area (Å²) in [4.78, 5) is 28.7. The zero-order valence-corrected chi connectivity index (χ0v) is 18.9. The van der Waals surface area contributed by atoms with Crippen molar-refractivity contribution < 1.29 is 23.6 Å². The van der Waals surface area contributed by atoms with Crippen molar-refractivity contribution in [1.82, 2.24) is 9.80 Å². The highest BCUT2D eigenvalue weighted by Crippen LogP contribution is 2.40. The first-order chi connectivity index (χ1) is 13.9. The molecule has 0 aromatic heterocycles. The number of nitrogens with zero attached hydrogens (tertiary/aromatic N) is 2. The number of hydrogen-bond donors (Lipinski definition) is 0. The van der Waals surface area contributed by atoms with Gasteiger partial charge in [0.1, 0.15) is 5.60 Å². The summed E-state index contributed by atoms with van der Waals surface area (Å²) in [6.07, 6.45) is -0.114. The van der Waals surface area contributed by atoms with Crippen molar-refractivity contribution in [2.75, 3.05) is 26.2 Å². The normalized spacial score (nSPS) is 24.1. The quantitative estimate of drug-likeness (QED) is 0.709. The highest BCUT2D eigenvalue weighted by molar-refractivity contribution is 6.62. The summed E-state index contributed by atoms with van der Waals surface area (Å²) in [5.74, 6) is 0.00623. The summed E-state index contributed by atoms with van der Waals surface area (Å²) in [6, 6.07) is 9.76. The maximum atomic E-state index is 13.1. The van der Waals surface area contributed by atoms with Crippen molar-refractivity contribution in [3.05, 3.63) is 30.3 Å². The van der Waals surface area contributed by atoms with E-state index in [1.54, 1.807) is 9.80 Å². The topological polar surface area (TPSA) is 68.3 Å². The first-order valence-electron chi connectivity index (χ1n) is 10.6. The molecule has 3 rings (SSSR count). The van der Waals surface area contributed by atoms with E-state index < -0.39 is 23.9 Å². The molecule has 0 bridgehead atoms. The van der Waals surface area contributed by atoms with E-state index in [4.69, 9.17) is 14.0 Å². The van der Waals surface area contributed by atoms with E-state index in [1.807, 2.05) is 71.9 Å². The van der Waals surface area contributed by atoms with Crippen LogP contribution in [0.4, 0.5) is 4.79 Å². The Labute approximate surface area is 179 Å². The van der Waals surface area contributed by atoms with Crippen molar-refractivity contribution >= 4 is 24.6 Å². The molecule has 0 aliphatic carbocycles. The predicted octanol–water partition coefficient (Wildman–Crippen LogP) is 2.44. The minimum atomic E-state index is -0.757. The van der Waals surface area contributed by atoms with E-state index in [1.165, 1.54) is 0 Å². The number of benzene rings is 1. The van der Waals surface area contributed by atoms with Crippen LogP contribution in [0.1, 0.15) is 48.0 Å². The van der Waals surface area contributed by atoms with Gasteiger partial charge in [-0.05, 0) is 47.0 Å². The van der Waals surface area contributed by atoms with E-state index in [0.29, 0.717) is 26.2 Å². The van der Waals surface area contributed by atoms with Crippen LogP contribution >= 0.6 is 0 Å². The summed E-state index contributed by atoms with van der Waals surface area (Å²) in [7, 11) is -0.497. The van der Waals surface area contributed by atoms with Gasteiger partial charge in [-0.2, -0.15) is 0 Å². The minimum Gasteiger partial charge on any atom is -0.444 e. The fourth-order valence-electron chi connectivity index (χ4n) is 3.66. The van der Waals surface area contributed by atoms with Gasteiger partial charge in [-0.25, -0.2) is 4.79 Å². The molecule has 0 saturated carbocycles. The second kappa shape index (κ2) is 8.23. The molecule has 2 aliphatic heterocycles. The van der Waals surface area contributed by atoms with Gasteiger partial charge in [0.2, 0.25) is 5.91 Å². The molecule has 2 aliphatic rings. The summed E-state index contributed by atoms with van der Waals surface area (Å²) in [5.41, 5.74) is -0.971. The Hall–Kier alpha value is -2.06. The monoisotopic (exact) mass is 416 g/mol. The fourth-order valence-corrected chi connectivity index (χ4v) is 3.66. The zero-order valence-electron chi connectivity index (χ0n) is 18.9. The van der Waals surface area contributed by atoms with Gasteiger partial charge in [-0.15, -0.1) is 0 Å². The van der Waals surface area contributed by atoms with Gasteiger partial charge in [-0.3, -0.25) is 4.79 Å². The third-order valence-electron chi connectivity index (χ3n) is 5.89. The van der Waals surface area contributed by atoms with Crippen molar-refractivity contribution in [3.63, 3.8) is 0 Å². The van der Waals surface area contributed by atoms with Gasteiger partial charge >= 0.3 is 13.2 Å². The summed E-state index contributed by atoms with van der Waals surface area (Å²) in [6.45, 7) is 13.3. The Balaban J connectivity index is 1.58. The SMILES string of the molecule is CC(C)(C)OC(=O)N1CCN(C(=O)CC2(C)OB(c3ccccc3)OC2(C)C)CC1. The third kappa shape index (κ3) is 4.98. The Kier molecular flexibility index (Phi) is 6.21. The number of carbonyl (C=O) groups is 2. The molecule has 164 valence electrons. The highest BCUT2D eigenvalue weighted by atomic mass is 16.7. The number of carbonyl (C=O) groups excluding carboxylic acids is 2. The van der Waals surface area contributed by atoms with Crippen LogP contribution in [-0.2, 0) is 18.8 Å². The minimum absolute atomic E-state index is 0.00623. The summed E-state index contributed by atoms with van der Waals surface area (Å²) < 4.78 is 17.9. The number of rotatable bonds is 3. The Morgan fingerprint density at radius 3 is 2.13 bits per heavy atom. The molecule has 0 radical (unpaired) electrons. The van der Waals surface area contributed by atoms with E-state index in [-0.39, 0.29) is 18.4 Å². The summed E-state index contributed by atoms with van der Waals surface area (Å²) >= 11 is 0. The van der Waals surface area contributed by atoms with Crippen LogP contribution in [-0.4, -0.2) is 71.9 Å². The predicted molar refractivity (Wildman–Crippen MR) is 115 cm³/mol. The average molecular weight is 416 g/mol. The molecule has 30 heavy (non-hydrogen) atoms. The largest absolute Gasteiger partial charge is 0.494 e. The molecule has 1 unspecified atom stereocenters. The molecule has 2 heterocycles. The molecule has 2 fully saturated rings. The summed E-state index contributed by atoms with van der Waals surface area (Å²) in [5, 5.41) is 0. The van der Waals surface area contributed by atoms with E-state index in [2.05, 4.69) is 0 Å². The molecule has 0 spiro atoms. The maximum Gasteiger partial charge on any atom is 0.494 e. The van der Waals surface area contributed by atoms with E-state index in [9.17, 15) is 9.59 Å². The van der Waals surface area contributed by atoms with Gasteiger partial charge in [0.05, 0.1) is 17.6 Å². The van der Waals surface area contributed by atoms with Gasteiger partial charge in [0.15, 0.2) is 0 Å². The molecule has 2 saturated heterocycles. The van der Waals surface area contributed by atoms with Crippen molar-refractivity contribution in [2.45, 2.75) is 64.8 Å². The molecular formula is C22H33BN2O5. The molecule has 8 heteroatoms. The lowest BCUT2D eigenvalue weighted by Crippen LogP contribution is -2.54. The lowest BCUT2D eigenvalue weighted by atomic mass is 9.79. The molecule has 2 amide bonds. The smallest absolute Gasteiger partial charge is 0.444 e. The zero-order chi connectivity index (χ0) is 22.2. The number of hydrogen-bond acceptors (Lipinski definition) is 5. The number of piperazine rings is 1. The standard InChI is InChI=1S/C22H33BN2O5/c1-20(2,3)28-19(27)25-14-12-24(13-15-25)18(26)16-22(6)21(4,5)29-23(30-22)17-10-8-7-9-11-17/h7-11H,12-16H2,1-6H3. The molecule has 1 atom stereocenters. The lowest BCUT2D eigenvalue weighted by Gasteiger charge is -2.39. The molecule has 1 aromatic rings. The van der Waals surface area contributed by atoms with Crippen LogP contribution in [0, 0.1) is 0 Å². The Morgan fingerprint density at radius 2 is 1.57 bits per heavy atom. The third-order valence-corrected chi connectivity index (χ3v) is 5.89.